The molecule has 0 aliphatic heterocycles. The Morgan fingerprint density at radius 2 is 2.00 bits per heavy atom. The topological polar surface area (TPSA) is 76.7 Å². The van der Waals surface area contributed by atoms with E-state index in [0.717, 1.165) is 10.0 Å². The molecule has 5 nitrogen and oxygen atoms in total. The van der Waals surface area contributed by atoms with Crippen LogP contribution in [0.2, 0.25) is 5.28 Å². The van der Waals surface area contributed by atoms with Crippen molar-refractivity contribution in [2.24, 2.45) is 0 Å². The normalized spacial score (nSPS) is 10.2. The average Bonchev–Trinajstić information content (AvgIpc) is 2.27. The lowest BCUT2D eigenvalue weighted by Gasteiger charge is -2.06. The summed E-state index contributed by atoms with van der Waals surface area (Å²) in [5, 5.41) is 3.10. The third-order valence-electron chi connectivity index (χ3n) is 2.02. The predicted molar refractivity (Wildman–Crippen MR) is 70.7 cm³/mol. The third-order valence-corrected chi connectivity index (χ3v) is 2.96. The van der Waals surface area contributed by atoms with Gasteiger partial charge in [0.15, 0.2) is 0 Å². The fourth-order valence-corrected chi connectivity index (χ4v) is 1.85. The first-order chi connectivity index (χ1) is 8.15. The molecular formula is C10H9BrClN5. The van der Waals surface area contributed by atoms with Gasteiger partial charge in [0.1, 0.15) is 0 Å². The molecule has 17 heavy (non-hydrogen) atoms. The first kappa shape index (κ1) is 12.1. The van der Waals surface area contributed by atoms with Crippen molar-refractivity contribution in [3.05, 3.63) is 39.6 Å². The number of nitrogens with two attached hydrogens (primary N) is 1. The molecule has 0 amide bonds. The number of rotatable bonds is 3. The highest BCUT2D eigenvalue weighted by atomic mass is 79.9. The highest BCUT2D eigenvalue weighted by molar-refractivity contribution is 9.10. The maximum absolute atomic E-state index is 5.67. The molecule has 0 aliphatic rings. The molecule has 1 aromatic heterocycles. The number of hydrogen-bond acceptors (Lipinski definition) is 5. The average molecular weight is 315 g/mol. The Morgan fingerprint density at radius 3 is 2.71 bits per heavy atom. The number of nitrogen functional groups attached to an aromatic ring is 1. The molecule has 0 bridgehead atoms. The van der Waals surface area contributed by atoms with Gasteiger partial charge < -0.3 is 11.1 Å². The zero-order valence-electron chi connectivity index (χ0n) is 8.69. The van der Waals surface area contributed by atoms with Crippen LogP contribution in [0, 0.1) is 0 Å². The Kier molecular flexibility index (Phi) is 3.75. The number of halogens is 2. The Morgan fingerprint density at radius 1 is 1.24 bits per heavy atom. The van der Waals surface area contributed by atoms with Gasteiger partial charge in [-0.05, 0) is 23.2 Å². The molecular weight excluding hydrogens is 306 g/mol. The summed E-state index contributed by atoms with van der Waals surface area (Å²) in [7, 11) is 0. The lowest BCUT2D eigenvalue weighted by atomic mass is 10.2. The van der Waals surface area contributed by atoms with E-state index < -0.39 is 0 Å². The van der Waals surface area contributed by atoms with Crippen molar-refractivity contribution >= 4 is 39.4 Å². The Labute approximate surface area is 112 Å². The van der Waals surface area contributed by atoms with Crippen molar-refractivity contribution in [3.63, 3.8) is 0 Å². The van der Waals surface area contributed by atoms with Crippen LogP contribution in [0.25, 0.3) is 0 Å². The molecule has 0 unspecified atom stereocenters. The first-order valence-electron chi connectivity index (χ1n) is 4.79. The summed E-state index contributed by atoms with van der Waals surface area (Å²) in [5.74, 6) is 0.456. The number of hydrogen-bond donors (Lipinski definition) is 2. The van der Waals surface area contributed by atoms with Crippen molar-refractivity contribution < 1.29 is 0 Å². The molecule has 3 N–H and O–H groups in total. The quantitative estimate of drug-likeness (QED) is 0.910. The van der Waals surface area contributed by atoms with Gasteiger partial charge in [0.05, 0.1) is 0 Å². The maximum Gasteiger partial charge on any atom is 0.229 e. The van der Waals surface area contributed by atoms with E-state index in [2.05, 4.69) is 36.2 Å². The van der Waals surface area contributed by atoms with Gasteiger partial charge in [-0.15, -0.1) is 0 Å². The number of aromatic nitrogens is 3. The summed E-state index contributed by atoms with van der Waals surface area (Å²) in [6.45, 7) is 0.571. The van der Waals surface area contributed by atoms with Gasteiger partial charge in [0.25, 0.3) is 0 Å². The van der Waals surface area contributed by atoms with E-state index in [9.17, 15) is 0 Å². The van der Waals surface area contributed by atoms with Crippen LogP contribution in [0.5, 0.6) is 0 Å². The van der Waals surface area contributed by atoms with Crippen LogP contribution in [0.3, 0.4) is 0 Å². The summed E-state index contributed by atoms with van der Waals surface area (Å²) < 4.78 is 1.01. The van der Waals surface area contributed by atoms with E-state index in [-0.39, 0.29) is 11.2 Å². The van der Waals surface area contributed by atoms with Crippen molar-refractivity contribution in [1.29, 1.82) is 0 Å². The zero-order chi connectivity index (χ0) is 12.3. The number of anilines is 2. The van der Waals surface area contributed by atoms with Crippen LogP contribution in [0.15, 0.2) is 28.7 Å². The molecule has 7 heteroatoms. The van der Waals surface area contributed by atoms with Gasteiger partial charge >= 0.3 is 0 Å². The minimum Gasteiger partial charge on any atom is -0.368 e. The summed E-state index contributed by atoms with van der Waals surface area (Å²) in [6, 6.07) is 7.86. The van der Waals surface area contributed by atoms with Crippen molar-refractivity contribution in [2.75, 3.05) is 11.1 Å². The van der Waals surface area contributed by atoms with Crippen LogP contribution in [-0.4, -0.2) is 15.0 Å². The van der Waals surface area contributed by atoms with E-state index in [4.69, 9.17) is 17.3 Å². The molecule has 88 valence electrons. The van der Waals surface area contributed by atoms with E-state index in [1.165, 1.54) is 0 Å². The van der Waals surface area contributed by atoms with Crippen molar-refractivity contribution in [3.8, 4) is 0 Å². The second-order valence-corrected chi connectivity index (χ2v) is 4.42. The first-order valence-corrected chi connectivity index (χ1v) is 5.96. The lowest BCUT2D eigenvalue weighted by molar-refractivity contribution is 1.01. The van der Waals surface area contributed by atoms with Crippen LogP contribution < -0.4 is 11.1 Å². The van der Waals surface area contributed by atoms with Gasteiger partial charge in [-0.25, -0.2) is 0 Å². The van der Waals surface area contributed by atoms with Crippen molar-refractivity contribution in [2.45, 2.75) is 6.54 Å². The van der Waals surface area contributed by atoms with Crippen LogP contribution in [-0.2, 0) is 6.54 Å². The molecule has 0 aliphatic carbocycles. The Hall–Kier alpha value is -1.40. The molecule has 0 radical (unpaired) electrons. The smallest absolute Gasteiger partial charge is 0.229 e. The predicted octanol–water partition coefficient (Wildman–Crippen LogP) is 2.48. The van der Waals surface area contributed by atoms with E-state index in [1.54, 1.807) is 0 Å². The summed E-state index contributed by atoms with van der Waals surface area (Å²) >= 11 is 9.13. The molecule has 0 saturated carbocycles. The Bertz CT molecular complexity index is 514. The summed E-state index contributed by atoms with van der Waals surface area (Å²) in [4.78, 5) is 11.5. The van der Waals surface area contributed by atoms with Gasteiger partial charge in [0.2, 0.25) is 17.2 Å². The zero-order valence-corrected chi connectivity index (χ0v) is 11.0. The number of benzene rings is 1. The minimum atomic E-state index is 0.0760. The number of nitrogens with zero attached hydrogens (tertiary/aromatic N) is 3. The molecule has 2 rings (SSSR count). The van der Waals surface area contributed by atoms with E-state index >= 15 is 0 Å². The Balaban J connectivity index is 2.10. The molecule has 0 atom stereocenters. The van der Waals surface area contributed by atoms with E-state index in [0.29, 0.717) is 12.5 Å². The molecule has 0 fully saturated rings. The third kappa shape index (κ3) is 3.28. The second-order valence-electron chi connectivity index (χ2n) is 3.23. The SMILES string of the molecule is Nc1nc(Cl)nc(NCc2ccccc2Br)n1. The lowest BCUT2D eigenvalue weighted by Crippen LogP contribution is -2.07. The van der Waals surface area contributed by atoms with Gasteiger partial charge in [-0.3, -0.25) is 0 Å². The molecule has 1 aromatic carbocycles. The van der Waals surface area contributed by atoms with E-state index in [1.807, 2.05) is 24.3 Å². The largest absolute Gasteiger partial charge is 0.368 e. The summed E-state index contributed by atoms with van der Waals surface area (Å²) in [6.07, 6.45) is 0. The monoisotopic (exact) mass is 313 g/mol. The molecule has 0 saturated heterocycles. The second kappa shape index (κ2) is 5.29. The van der Waals surface area contributed by atoms with Gasteiger partial charge in [0, 0.05) is 11.0 Å². The molecule has 1 heterocycles. The highest BCUT2D eigenvalue weighted by Gasteiger charge is 2.03. The summed E-state index contributed by atoms with van der Waals surface area (Å²) in [5.41, 5.74) is 6.55. The van der Waals surface area contributed by atoms with Crippen LogP contribution in [0.1, 0.15) is 5.56 Å². The fourth-order valence-electron chi connectivity index (χ4n) is 1.26. The van der Waals surface area contributed by atoms with Gasteiger partial charge in [-0.2, -0.15) is 15.0 Å². The standard InChI is InChI=1S/C10H9BrClN5/c11-7-4-2-1-3-6(7)5-14-10-16-8(12)15-9(13)17-10/h1-4H,5H2,(H3,13,14,15,16,17). The van der Waals surface area contributed by atoms with Gasteiger partial charge in [-0.1, -0.05) is 34.1 Å². The minimum absolute atomic E-state index is 0.0760. The van der Waals surface area contributed by atoms with Crippen molar-refractivity contribution in [1.82, 2.24) is 15.0 Å². The fraction of sp³-hybridized carbons (Fsp3) is 0.100. The maximum atomic E-state index is 5.67. The highest BCUT2D eigenvalue weighted by Crippen LogP contribution is 2.17. The van der Waals surface area contributed by atoms with Crippen LogP contribution in [0.4, 0.5) is 11.9 Å². The molecule has 2 aromatic rings. The van der Waals surface area contributed by atoms with Crippen LogP contribution >= 0.6 is 27.5 Å². The molecule has 0 spiro atoms. The number of nitrogens with one attached hydrogen (secondary N) is 1.